The highest BCUT2D eigenvalue weighted by atomic mass is 32.1. The maximum absolute atomic E-state index is 11.0. The highest BCUT2D eigenvalue weighted by Gasteiger charge is 2.01. The van der Waals surface area contributed by atoms with E-state index in [4.69, 9.17) is 18.0 Å². The van der Waals surface area contributed by atoms with Crippen molar-refractivity contribution in [2.45, 2.75) is 26.8 Å². The van der Waals surface area contributed by atoms with E-state index in [1.165, 1.54) is 6.07 Å². The van der Waals surface area contributed by atoms with Gasteiger partial charge in [-0.05, 0) is 24.6 Å². The molecule has 0 aliphatic carbocycles. The number of rotatable bonds is 3. The molecule has 1 heterocycles. The largest absolute Gasteiger partial charge is 0.385 e. The number of hydrogen-bond acceptors (Lipinski definition) is 3. The van der Waals surface area contributed by atoms with Crippen LogP contribution in [-0.4, -0.2) is 9.55 Å². The van der Waals surface area contributed by atoms with Crippen LogP contribution in [0.4, 0.5) is 5.82 Å². The smallest absolute Gasteiger partial charge is 0.253 e. The van der Waals surface area contributed by atoms with Crippen molar-refractivity contribution in [3.05, 3.63) is 21.2 Å². The minimum atomic E-state index is -0.242. The van der Waals surface area contributed by atoms with Crippen molar-refractivity contribution in [1.29, 1.82) is 0 Å². The van der Waals surface area contributed by atoms with Gasteiger partial charge in [0.05, 0.1) is 0 Å². The second-order valence-corrected chi connectivity index (χ2v) is 4.08. The summed E-state index contributed by atoms with van der Waals surface area (Å²) in [5.74, 6) is 1.02. The van der Waals surface area contributed by atoms with Crippen molar-refractivity contribution in [2.75, 3.05) is 5.73 Å². The number of nitrogens with zero attached hydrogens (tertiary/aromatic N) is 1. The molecule has 0 bridgehead atoms. The summed E-state index contributed by atoms with van der Waals surface area (Å²) < 4.78 is 2.15. The molecule has 14 heavy (non-hydrogen) atoms. The van der Waals surface area contributed by atoms with Gasteiger partial charge in [0, 0.05) is 12.6 Å². The van der Waals surface area contributed by atoms with Crippen LogP contribution in [0.1, 0.15) is 20.3 Å². The molecule has 0 spiro atoms. The SMILES string of the molecule is CC(C)CCn1c(N)cc(=O)[nH]c1=S. The van der Waals surface area contributed by atoms with Gasteiger partial charge >= 0.3 is 0 Å². The maximum atomic E-state index is 11.0. The summed E-state index contributed by atoms with van der Waals surface area (Å²) in [7, 11) is 0. The second-order valence-electron chi connectivity index (χ2n) is 3.70. The van der Waals surface area contributed by atoms with E-state index < -0.39 is 0 Å². The summed E-state index contributed by atoms with van der Waals surface area (Å²) in [4.78, 5) is 13.5. The first-order chi connectivity index (χ1) is 6.50. The van der Waals surface area contributed by atoms with Crippen LogP contribution in [0, 0.1) is 10.7 Å². The average molecular weight is 213 g/mol. The van der Waals surface area contributed by atoms with Crippen LogP contribution in [0.5, 0.6) is 0 Å². The monoisotopic (exact) mass is 213 g/mol. The van der Waals surface area contributed by atoms with Crippen molar-refractivity contribution < 1.29 is 0 Å². The molecule has 0 atom stereocenters. The Bertz CT molecular complexity index is 419. The first kappa shape index (κ1) is 11.0. The molecule has 0 unspecified atom stereocenters. The number of nitrogens with one attached hydrogen (secondary N) is 1. The van der Waals surface area contributed by atoms with Crippen LogP contribution in [0.25, 0.3) is 0 Å². The highest BCUT2D eigenvalue weighted by molar-refractivity contribution is 7.71. The minimum Gasteiger partial charge on any atom is -0.385 e. The van der Waals surface area contributed by atoms with Crippen LogP contribution in [0.15, 0.2) is 10.9 Å². The molecule has 1 aromatic rings. The van der Waals surface area contributed by atoms with Gasteiger partial charge in [0.15, 0.2) is 4.77 Å². The number of nitrogen functional groups attached to an aromatic ring is 1. The number of H-pyrrole nitrogens is 1. The molecule has 0 saturated heterocycles. The Morgan fingerprint density at radius 2 is 2.29 bits per heavy atom. The van der Waals surface area contributed by atoms with E-state index >= 15 is 0 Å². The Morgan fingerprint density at radius 3 is 2.79 bits per heavy atom. The van der Waals surface area contributed by atoms with Gasteiger partial charge in [0.25, 0.3) is 5.56 Å². The fourth-order valence-corrected chi connectivity index (χ4v) is 1.45. The Balaban J connectivity index is 2.98. The Hall–Kier alpha value is -1.10. The molecular formula is C9H15N3OS. The first-order valence-electron chi connectivity index (χ1n) is 4.60. The third-order valence-electron chi connectivity index (χ3n) is 2.00. The van der Waals surface area contributed by atoms with Gasteiger partial charge in [-0.3, -0.25) is 9.78 Å². The third kappa shape index (κ3) is 2.70. The number of nitrogens with two attached hydrogens (primary N) is 1. The molecule has 0 saturated carbocycles. The lowest BCUT2D eigenvalue weighted by Crippen LogP contribution is -2.16. The van der Waals surface area contributed by atoms with Gasteiger partial charge in [-0.15, -0.1) is 0 Å². The average Bonchev–Trinajstić information content (AvgIpc) is 2.01. The molecule has 4 nitrogen and oxygen atoms in total. The lowest BCUT2D eigenvalue weighted by atomic mass is 10.1. The van der Waals surface area contributed by atoms with Gasteiger partial charge in [-0.1, -0.05) is 13.8 Å². The quantitative estimate of drug-likeness (QED) is 0.748. The van der Waals surface area contributed by atoms with Gasteiger partial charge in [0.2, 0.25) is 0 Å². The summed E-state index contributed by atoms with van der Waals surface area (Å²) in [6.45, 7) is 5.01. The molecule has 3 N–H and O–H groups in total. The van der Waals surface area contributed by atoms with Crippen molar-refractivity contribution in [3.8, 4) is 0 Å². The van der Waals surface area contributed by atoms with Crippen molar-refractivity contribution >= 4 is 18.0 Å². The summed E-state index contributed by atoms with van der Waals surface area (Å²) >= 11 is 5.01. The van der Waals surface area contributed by atoms with E-state index in [-0.39, 0.29) is 5.56 Å². The molecular weight excluding hydrogens is 198 g/mol. The van der Waals surface area contributed by atoms with E-state index in [1.54, 1.807) is 4.57 Å². The number of aromatic amines is 1. The summed E-state index contributed by atoms with van der Waals surface area (Å²) in [5, 5.41) is 0. The standard InChI is InChI=1S/C9H15N3OS/c1-6(2)3-4-12-7(10)5-8(13)11-9(12)14/h5-6H,3-4,10H2,1-2H3,(H,11,13,14). The van der Waals surface area contributed by atoms with Crippen LogP contribution in [0.2, 0.25) is 0 Å². The van der Waals surface area contributed by atoms with Crippen LogP contribution < -0.4 is 11.3 Å². The number of aromatic nitrogens is 2. The van der Waals surface area contributed by atoms with Gasteiger partial charge in [0.1, 0.15) is 5.82 Å². The van der Waals surface area contributed by atoms with E-state index in [0.29, 0.717) is 16.5 Å². The Morgan fingerprint density at radius 1 is 1.64 bits per heavy atom. The van der Waals surface area contributed by atoms with Gasteiger partial charge < -0.3 is 10.3 Å². The molecule has 0 aliphatic rings. The van der Waals surface area contributed by atoms with Gasteiger partial charge in [-0.2, -0.15) is 0 Å². The zero-order valence-electron chi connectivity index (χ0n) is 8.41. The minimum absolute atomic E-state index is 0.242. The second kappa shape index (κ2) is 4.41. The van der Waals surface area contributed by atoms with Crippen molar-refractivity contribution in [1.82, 2.24) is 9.55 Å². The fraction of sp³-hybridized carbons (Fsp3) is 0.556. The van der Waals surface area contributed by atoms with Gasteiger partial charge in [-0.25, -0.2) is 0 Å². The number of hydrogen-bond donors (Lipinski definition) is 2. The lowest BCUT2D eigenvalue weighted by Gasteiger charge is -2.10. The lowest BCUT2D eigenvalue weighted by molar-refractivity contribution is 0.511. The molecule has 5 heteroatoms. The molecule has 0 fully saturated rings. The Labute approximate surface area is 87.8 Å². The van der Waals surface area contributed by atoms with Crippen LogP contribution >= 0.6 is 12.2 Å². The fourth-order valence-electron chi connectivity index (χ4n) is 1.16. The normalized spacial score (nSPS) is 10.8. The molecule has 0 amide bonds. The van der Waals surface area contributed by atoms with Crippen molar-refractivity contribution in [3.63, 3.8) is 0 Å². The third-order valence-corrected chi connectivity index (χ3v) is 2.32. The first-order valence-corrected chi connectivity index (χ1v) is 5.01. The topological polar surface area (TPSA) is 63.8 Å². The zero-order chi connectivity index (χ0) is 10.7. The van der Waals surface area contributed by atoms with E-state index in [0.717, 1.165) is 13.0 Å². The molecule has 78 valence electrons. The molecule has 1 rings (SSSR count). The van der Waals surface area contributed by atoms with Crippen LogP contribution in [0.3, 0.4) is 0 Å². The summed E-state index contributed by atoms with van der Waals surface area (Å²) in [6.07, 6.45) is 0.991. The predicted molar refractivity (Wildman–Crippen MR) is 59.8 cm³/mol. The summed E-state index contributed by atoms with van der Waals surface area (Å²) in [6, 6.07) is 1.36. The predicted octanol–water partition coefficient (Wildman–Crippen LogP) is 1.53. The number of anilines is 1. The van der Waals surface area contributed by atoms with E-state index in [9.17, 15) is 4.79 Å². The molecule has 0 aromatic carbocycles. The van der Waals surface area contributed by atoms with E-state index in [2.05, 4.69) is 18.8 Å². The van der Waals surface area contributed by atoms with Crippen LogP contribution in [-0.2, 0) is 6.54 Å². The summed E-state index contributed by atoms with van der Waals surface area (Å²) in [5.41, 5.74) is 5.44. The maximum Gasteiger partial charge on any atom is 0.253 e. The molecule has 1 aromatic heterocycles. The highest BCUT2D eigenvalue weighted by Crippen LogP contribution is 2.06. The zero-order valence-corrected chi connectivity index (χ0v) is 9.23. The molecule has 0 radical (unpaired) electrons. The Kier molecular flexibility index (Phi) is 3.46. The van der Waals surface area contributed by atoms with Crippen molar-refractivity contribution in [2.24, 2.45) is 5.92 Å². The van der Waals surface area contributed by atoms with E-state index in [1.807, 2.05) is 0 Å². The molecule has 0 aliphatic heterocycles.